The number of hydrogen-bond acceptors (Lipinski definition) is 6. The van der Waals surface area contributed by atoms with E-state index in [1.165, 1.54) is 11.8 Å². The molecule has 0 saturated carbocycles. The second-order valence-electron chi connectivity index (χ2n) is 7.46. The normalized spacial score (nSPS) is 16.6. The topological polar surface area (TPSA) is 71.1 Å². The van der Waals surface area contributed by atoms with E-state index in [9.17, 15) is 9.59 Å². The van der Waals surface area contributed by atoms with E-state index in [-0.39, 0.29) is 18.4 Å². The number of ether oxygens (including phenoxy) is 2. The number of para-hydroxylation sites is 1. The average molecular weight is 442 g/mol. The third kappa shape index (κ3) is 6.00. The highest BCUT2D eigenvalue weighted by Crippen LogP contribution is 2.34. The fourth-order valence-electron chi connectivity index (χ4n) is 3.59. The van der Waals surface area contributed by atoms with Crippen LogP contribution in [0.25, 0.3) is 0 Å². The van der Waals surface area contributed by atoms with Crippen molar-refractivity contribution in [2.45, 2.75) is 11.4 Å². The predicted octanol–water partition coefficient (Wildman–Crippen LogP) is 2.15. The van der Waals surface area contributed by atoms with E-state index in [2.05, 4.69) is 10.2 Å². The van der Waals surface area contributed by atoms with Gasteiger partial charge in [-0.3, -0.25) is 14.5 Å². The summed E-state index contributed by atoms with van der Waals surface area (Å²) < 4.78 is 11.2. The maximum Gasteiger partial charge on any atom is 0.240 e. The van der Waals surface area contributed by atoms with Gasteiger partial charge in [0.05, 0.1) is 24.7 Å². The van der Waals surface area contributed by atoms with Crippen molar-refractivity contribution in [3.63, 3.8) is 0 Å². The molecule has 0 aromatic heterocycles. The van der Waals surface area contributed by atoms with Crippen molar-refractivity contribution in [1.82, 2.24) is 10.2 Å². The SMILES string of the molecule is O=C(CN1C(=O)CSc2ccccc21)NCc1cccc(OCCN2CCOCC2)c1. The van der Waals surface area contributed by atoms with Crippen LogP contribution in [-0.2, 0) is 20.9 Å². The van der Waals surface area contributed by atoms with Crippen molar-refractivity contribution < 1.29 is 19.1 Å². The number of amides is 2. The van der Waals surface area contributed by atoms with Gasteiger partial charge < -0.3 is 19.7 Å². The lowest BCUT2D eigenvalue weighted by Gasteiger charge is -2.28. The molecule has 0 radical (unpaired) electrons. The molecule has 2 aliphatic rings. The first-order valence-corrected chi connectivity index (χ1v) is 11.5. The van der Waals surface area contributed by atoms with Gasteiger partial charge in [0, 0.05) is 31.1 Å². The molecule has 0 atom stereocenters. The minimum Gasteiger partial charge on any atom is -0.492 e. The number of benzene rings is 2. The van der Waals surface area contributed by atoms with E-state index in [4.69, 9.17) is 9.47 Å². The van der Waals surface area contributed by atoms with E-state index < -0.39 is 0 Å². The smallest absolute Gasteiger partial charge is 0.240 e. The Balaban J connectivity index is 1.26. The zero-order chi connectivity index (χ0) is 21.5. The van der Waals surface area contributed by atoms with Gasteiger partial charge in [0.1, 0.15) is 18.9 Å². The van der Waals surface area contributed by atoms with Crippen LogP contribution in [0.4, 0.5) is 5.69 Å². The molecule has 4 rings (SSSR count). The van der Waals surface area contributed by atoms with Gasteiger partial charge in [-0.05, 0) is 29.8 Å². The quantitative estimate of drug-likeness (QED) is 0.677. The number of rotatable bonds is 8. The van der Waals surface area contributed by atoms with E-state index in [1.807, 2.05) is 48.5 Å². The van der Waals surface area contributed by atoms with Crippen molar-refractivity contribution >= 4 is 29.3 Å². The van der Waals surface area contributed by atoms with Gasteiger partial charge in [0.2, 0.25) is 11.8 Å². The van der Waals surface area contributed by atoms with Crippen molar-refractivity contribution in [2.75, 3.05) is 56.7 Å². The van der Waals surface area contributed by atoms with Crippen molar-refractivity contribution in [1.29, 1.82) is 0 Å². The lowest BCUT2D eigenvalue weighted by molar-refractivity contribution is -0.123. The lowest BCUT2D eigenvalue weighted by Crippen LogP contribution is -2.43. The van der Waals surface area contributed by atoms with Crippen molar-refractivity contribution in [3.05, 3.63) is 54.1 Å². The summed E-state index contributed by atoms with van der Waals surface area (Å²) in [5, 5.41) is 2.92. The minimum absolute atomic E-state index is 0.0200. The summed E-state index contributed by atoms with van der Waals surface area (Å²) in [6, 6.07) is 15.4. The summed E-state index contributed by atoms with van der Waals surface area (Å²) >= 11 is 1.51. The number of carbonyl (C=O) groups excluding carboxylic acids is 2. The molecule has 31 heavy (non-hydrogen) atoms. The van der Waals surface area contributed by atoms with Crippen molar-refractivity contribution in [3.8, 4) is 5.75 Å². The maximum atomic E-state index is 12.5. The van der Waals surface area contributed by atoms with Crippen LogP contribution in [0.5, 0.6) is 5.75 Å². The zero-order valence-electron chi connectivity index (χ0n) is 17.4. The number of morpholine rings is 1. The van der Waals surface area contributed by atoms with Crippen LogP contribution in [0.15, 0.2) is 53.4 Å². The van der Waals surface area contributed by atoms with E-state index in [1.54, 1.807) is 4.90 Å². The number of carbonyl (C=O) groups is 2. The summed E-state index contributed by atoms with van der Waals surface area (Å²) in [4.78, 5) is 29.7. The van der Waals surface area contributed by atoms with Gasteiger partial charge >= 0.3 is 0 Å². The van der Waals surface area contributed by atoms with Crippen LogP contribution in [0.2, 0.25) is 0 Å². The number of anilines is 1. The summed E-state index contributed by atoms with van der Waals surface area (Å²) in [6.07, 6.45) is 0. The first kappa shape index (κ1) is 21.7. The van der Waals surface area contributed by atoms with E-state index in [0.29, 0.717) is 18.9 Å². The number of fused-ring (bicyclic) bond motifs is 1. The zero-order valence-corrected chi connectivity index (χ0v) is 18.2. The molecule has 164 valence electrons. The highest BCUT2D eigenvalue weighted by atomic mass is 32.2. The van der Waals surface area contributed by atoms with E-state index in [0.717, 1.165) is 54.7 Å². The summed E-state index contributed by atoms with van der Waals surface area (Å²) in [6.45, 7) is 5.34. The molecule has 1 N–H and O–H groups in total. The van der Waals surface area contributed by atoms with Crippen LogP contribution in [0, 0.1) is 0 Å². The molecular weight excluding hydrogens is 414 g/mol. The molecule has 8 heteroatoms. The molecule has 2 aromatic carbocycles. The van der Waals surface area contributed by atoms with Gasteiger partial charge in [0.25, 0.3) is 0 Å². The Morgan fingerprint density at radius 2 is 1.97 bits per heavy atom. The first-order chi connectivity index (χ1) is 15.2. The Labute approximate surface area is 186 Å². The van der Waals surface area contributed by atoms with Gasteiger partial charge in [-0.25, -0.2) is 0 Å². The van der Waals surface area contributed by atoms with E-state index >= 15 is 0 Å². The maximum absolute atomic E-state index is 12.5. The summed E-state index contributed by atoms with van der Waals surface area (Å²) in [5.74, 6) is 0.911. The Hall–Kier alpha value is -2.55. The third-order valence-corrected chi connectivity index (χ3v) is 6.33. The Morgan fingerprint density at radius 1 is 1.13 bits per heavy atom. The fourth-order valence-corrected chi connectivity index (χ4v) is 4.53. The summed E-state index contributed by atoms with van der Waals surface area (Å²) in [7, 11) is 0. The first-order valence-electron chi connectivity index (χ1n) is 10.5. The molecule has 1 saturated heterocycles. The molecule has 0 aliphatic carbocycles. The molecule has 2 aliphatic heterocycles. The highest BCUT2D eigenvalue weighted by molar-refractivity contribution is 8.00. The molecule has 1 fully saturated rings. The van der Waals surface area contributed by atoms with Gasteiger partial charge in [-0.1, -0.05) is 24.3 Å². The summed E-state index contributed by atoms with van der Waals surface area (Å²) in [5.41, 5.74) is 1.76. The molecule has 2 heterocycles. The van der Waals surface area contributed by atoms with Crippen LogP contribution in [0.3, 0.4) is 0 Å². The second kappa shape index (κ2) is 10.7. The number of nitrogens with zero attached hydrogens (tertiary/aromatic N) is 2. The molecule has 0 bridgehead atoms. The Bertz CT molecular complexity index is 917. The minimum atomic E-state index is -0.186. The van der Waals surface area contributed by atoms with Crippen LogP contribution >= 0.6 is 11.8 Å². The Kier molecular flexibility index (Phi) is 7.45. The molecule has 7 nitrogen and oxygen atoms in total. The second-order valence-corrected chi connectivity index (χ2v) is 8.48. The molecule has 0 unspecified atom stereocenters. The highest BCUT2D eigenvalue weighted by Gasteiger charge is 2.26. The van der Waals surface area contributed by atoms with Crippen molar-refractivity contribution in [2.24, 2.45) is 0 Å². The lowest BCUT2D eigenvalue weighted by atomic mass is 10.2. The average Bonchev–Trinajstić information content (AvgIpc) is 2.81. The van der Waals surface area contributed by atoms with Crippen LogP contribution in [-0.4, -0.2) is 68.5 Å². The largest absolute Gasteiger partial charge is 0.492 e. The number of thioether (sulfide) groups is 1. The molecule has 2 amide bonds. The van der Waals surface area contributed by atoms with Crippen LogP contribution in [0.1, 0.15) is 5.56 Å². The molecular formula is C23H27N3O4S. The number of hydrogen-bond donors (Lipinski definition) is 1. The van der Waals surface area contributed by atoms with Crippen LogP contribution < -0.4 is 15.0 Å². The Morgan fingerprint density at radius 3 is 2.84 bits per heavy atom. The van der Waals surface area contributed by atoms with Gasteiger partial charge in [0.15, 0.2) is 0 Å². The third-order valence-electron chi connectivity index (χ3n) is 5.28. The standard InChI is InChI=1S/C23H27N3O4S/c27-22(16-26-20-6-1-2-7-21(20)31-17-23(26)28)24-15-18-4-3-5-19(14-18)30-13-10-25-8-11-29-12-9-25/h1-7,14H,8-13,15-17H2,(H,24,27). The number of nitrogens with one attached hydrogen (secondary N) is 1. The van der Waals surface area contributed by atoms with Gasteiger partial charge in [-0.15, -0.1) is 11.8 Å². The monoisotopic (exact) mass is 441 g/mol. The molecule has 0 spiro atoms. The fraction of sp³-hybridized carbons (Fsp3) is 0.391. The van der Waals surface area contributed by atoms with Gasteiger partial charge in [-0.2, -0.15) is 0 Å². The predicted molar refractivity (Wildman–Crippen MR) is 121 cm³/mol. The molecule has 2 aromatic rings.